The molecule has 6 heteroatoms. The summed E-state index contributed by atoms with van der Waals surface area (Å²) in [6.45, 7) is 5.10. The van der Waals surface area contributed by atoms with E-state index >= 15 is 0 Å². The zero-order chi connectivity index (χ0) is 16.1. The molecule has 1 amide bonds. The molecule has 0 saturated carbocycles. The van der Waals surface area contributed by atoms with Gasteiger partial charge in [0.2, 0.25) is 5.91 Å². The SMILES string of the molecule is C\C=C/C=C(C=NC(C)=O)/N=N\C(\C=C(S)/C=C/S)=C\C. The molecule has 0 N–H and O–H groups in total. The van der Waals surface area contributed by atoms with Crippen LogP contribution in [0.3, 0.4) is 0 Å². The number of hydrogen-bond donors (Lipinski definition) is 2. The quantitative estimate of drug-likeness (QED) is 0.317. The van der Waals surface area contributed by atoms with Crippen molar-refractivity contribution in [2.24, 2.45) is 15.2 Å². The molecule has 0 heterocycles. The summed E-state index contributed by atoms with van der Waals surface area (Å²) in [7, 11) is 0. The first-order valence-electron chi connectivity index (χ1n) is 6.20. The van der Waals surface area contributed by atoms with Crippen molar-refractivity contribution in [1.29, 1.82) is 0 Å². The van der Waals surface area contributed by atoms with Crippen molar-refractivity contribution in [3.8, 4) is 0 Å². The number of nitrogens with zero attached hydrogens (tertiary/aromatic N) is 3. The Kier molecular flexibility index (Phi) is 11.2. The van der Waals surface area contributed by atoms with Crippen LogP contribution in [-0.2, 0) is 4.79 Å². The average Bonchev–Trinajstić information content (AvgIpc) is 2.45. The number of hydrogen-bond acceptors (Lipinski definition) is 5. The zero-order valence-electron chi connectivity index (χ0n) is 12.3. The molecule has 0 unspecified atom stereocenters. The van der Waals surface area contributed by atoms with Gasteiger partial charge in [-0.2, -0.15) is 17.7 Å². The molecule has 0 saturated heterocycles. The van der Waals surface area contributed by atoms with Crippen LogP contribution in [0, 0.1) is 0 Å². The Balaban J connectivity index is 5.22. The summed E-state index contributed by atoms with van der Waals surface area (Å²) in [6.07, 6.45) is 12.0. The van der Waals surface area contributed by atoms with Crippen LogP contribution in [0.1, 0.15) is 20.8 Å². The van der Waals surface area contributed by atoms with Gasteiger partial charge in [0.05, 0.1) is 11.9 Å². The Bertz CT molecular complexity index is 553. The average molecular weight is 321 g/mol. The van der Waals surface area contributed by atoms with E-state index in [4.69, 9.17) is 0 Å². The van der Waals surface area contributed by atoms with E-state index in [0.29, 0.717) is 16.3 Å². The number of thiol groups is 2. The fourth-order valence-corrected chi connectivity index (χ4v) is 1.50. The molecule has 112 valence electrons. The number of rotatable bonds is 6. The Morgan fingerprint density at radius 1 is 1.14 bits per heavy atom. The molecule has 0 aromatic rings. The highest BCUT2D eigenvalue weighted by molar-refractivity contribution is 7.85. The number of carbonyl (C=O) groups is 1. The lowest BCUT2D eigenvalue weighted by atomic mass is 10.3. The Labute approximate surface area is 136 Å². The minimum Gasteiger partial charge on any atom is -0.273 e. The third-order valence-electron chi connectivity index (χ3n) is 1.96. The van der Waals surface area contributed by atoms with Crippen LogP contribution in [0.5, 0.6) is 0 Å². The summed E-state index contributed by atoms with van der Waals surface area (Å²) in [5.74, 6) is -0.292. The molecule has 0 fully saturated rings. The molecule has 0 atom stereocenters. The van der Waals surface area contributed by atoms with E-state index < -0.39 is 0 Å². The van der Waals surface area contributed by atoms with E-state index in [0.717, 1.165) is 0 Å². The van der Waals surface area contributed by atoms with Crippen molar-refractivity contribution in [2.75, 3.05) is 0 Å². The minimum absolute atomic E-state index is 0.292. The minimum atomic E-state index is -0.292. The second-order valence-electron chi connectivity index (χ2n) is 3.69. The molecule has 0 aromatic heterocycles. The van der Waals surface area contributed by atoms with Crippen molar-refractivity contribution < 1.29 is 4.79 Å². The predicted octanol–water partition coefficient (Wildman–Crippen LogP) is 4.68. The summed E-state index contributed by atoms with van der Waals surface area (Å²) >= 11 is 8.23. The van der Waals surface area contributed by atoms with Gasteiger partial charge in [-0.25, -0.2) is 4.99 Å². The molecule has 0 bridgehead atoms. The number of allylic oxidation sites excluding steroid dienone is 7. The van der Waals surface area contributed by atoms with Crippen molar-refractivity contribution >= 4 is 37.4 Å². The molecule has 0 radical (unpaired) electrons. The molecule has 21 heavy (non-hydrogen) atoms. The third-order valence-corrected chi connectivity index (χ3v) is 2.38. The van der Waals surface area contributed by atoms with E-state index in [9.17, 15) is 4.79 Å². The van der Waals surface area contributed by atoms with Gasteiger partial charge in [-0.05, 0) is 37.5 Å². The summed E-state index contributed by atoms with van der Waals surface area (Å²) in [5.41, 5.74) is 1.11. The normalized spacial score (nSPS) is 15.2. The first kappa shape index (κ1) is 19.3. The van der Waals surface area contributed by atoms with Gasteiger partial charge in [-0.1, -0.05) is 18.2 Å². The lowest BCUT2D eigenvalue weighted by Crippen LogP contribution is -1.86. The molecule has 0 spiro atoms. The highest BCUT2D eigenvalue weighted by Crippen LogP contribution is 2.11. The van der Waals surface area contributed by atoms with Gasteiger partial charge in [0.25, 0.3) is 0 Å². The van der Waals surface area contributed by atoms with Crippen LogP contribution in [0.25, 0.3) is 0 Å². The number of amides is 1. The van der Waals surface area contributed by atoms with Crippen LogP contribution in [0.15, 0.2) is 73.4 Å². The van der Waals surface area contributed by atoms with Gasteiger partial charge in [0.1, 0.15) is 5.70 Å². The van der Waals surface area contributed by atoms with Crippen LogP contribution in [0.4, 0.5) is 0 Å². The maximum Gasteiger partial charge on any atom is 0.242 e. The summed E-state index contributed by atoms with van der Waals surface area (Å²) < 4.78 is 0. The van der Waals surface area contributed by atoms with Gasteiger partial charge in [-0.15, -0.1) is 17.7 Å². The van der Waals surface area contributed by atoms with E-state index in [2.05, 4.69) is 40.5 Å². The van der Waals surface area contributed by atoms with Crippen LogP contribution in [-0.4, -0.2) is 12.1 Å². The van der Waals surface area contributed by atoms with Crippen molar-refractivity contribution in [3.05, 3.63) is 58.2 Å². The van der Waals surface area contributed by atoms with Crippen molar-refractivity contribution in [3.63, 3.8) is 0 Å². The second-order valence-corrected chi connectivity index (χ2v) is 4.51. The first-order valence-corrected chi connectivity index (χ1v) is 7.17. The molecule has 0 rings (SSSR count). The van der Waals surface area contributed by atoms with Crippen LogP contribution in [0.2, 0.25) is 0 Å². The van der Waals surface area contributed by atoms with E-state index in [1.165, 1.54) is 13.1 Å². The maximum atomic E-state index is 10.9. The van der Waals surface area contributed by atoms with Gasteiger partial charge < -0.3 is 0 Å². The molecule has 0 aliphatic carbocycles. The summed E-state index contributed by atoms with van der Waals surface area (Å²) in [4.78, 5) is 15.3. The molecule has 0 aromatic carbocycles. The molecular formula is C15H19N3OS2. The Hall–Kier alpha value is -1.66. The largest absolute Gasteiger partial charge is 0.273 e. The molecular weight excluding hydrogens is 302 g/mol. The molecule has 4 nitrogen and oxygen atoms in total. The Morgan fingerprint density at radius 2 is 1.81 bits per heavy atom. The highest BCUT2D eigenvalue weighted by Gasteiger charge is 1.93. The van der Waals surface area contributed by atoms with Gasteiger partial charge in [0, 0.05) is 11.8 Å². The standard InChI is InChI=1S/C15H19N3OS2/c1-4-6-7-14(11-16-12(3)19)18-17-13(5-2)10-15(21)8-9-20/h4-11,20-21H,1-3H3/b6-4-,9-8+,13-5+,14-7+,15-10+,16-11?,18-17-. The Morgan fingerprint density at radius 3 is 2.33 bits per heavy atom. The second kappa shape index (κ2) is 12.1. The smallest absolute Gasteiger partial charge is 0.242 e. The summed E-state index contributed by atoms with van der Waals surface area (Å²) in [6, 6.07) is 0. The van der Waals surface area contributed by atoms with Gasteiger partial charge in [0.15, 0.2) is 0 Å². The lowest BCUT2D eigenvalue weighted by Gasteiger charge is -1.94. The van der Waals surface area contributed by atoms with E-state index in [-0.39, 0.29) is 5.91 Å². The predicted molar refractivity (Wildman–Crippen MR) is 95.9 cm³/mol. The lowest BCUT2D eigenvalue weighted by molar-refractivity contribution is -0.115. The van der Waals surface area contributed by atoms with E-state index in [1.54, 1.807) is 35.8 Å². The van der Waals surface area contributed by atoms with Gasteiger partial charge >= 0.3 is 0 Å². The summed E-state index contributed by atoms with van der Waals surface area (Å²) in [5, 5.41) is 9.74. The maximum absolute atomic E-state index is 10.9. The fraction of sp³-hybridized carbons (Fsp3) is 0.200. The highest BCUT2D eigenvalue weighted by atomic mass is 32.1. The monoisotopic (exact) mass is 321 g/mol. The van der Waals surface area contributed by atoms with Crippen LogP contribution >= 0.6 is 25.3 Å². The van der Waals surface area contributed by atoms with Crippen molar-refractivity contribution in [2.45, 2.75) is 20.8 Å². The van der Waals surface area contributed by atoms with Crippen LogP contribution < -0.4 is 0 Å². The van der Waals surface area contributed by atoms with E-state index in [1.807, 2.05) is 19.9 Å². The molecule has 0 aliphatic rings. The number of aliphatic imine (C=N–C) groups is 1. The van der Waals surface area contributed by atoms with Gasteiger partial charge in [-0.3, -0.25) is 4.79 Å². The topological polar surface area (TPSA) is 54.1 Å². The number of azo groups is 1. The molecule has 0 aliphatic heterocycles. The fourth-order valence-electron chi connectivity index (χ4n) is 1.02. The third kappa shape index (κ3) is 10.8. The number of carbonyl (C=O) groups excluding carboxylic acids is 1. The zero-order valence-corrected chi connectivity index (χ0v) is 14.1. The first-order chi connectivity index (χ1) is 10.0. The van der Waals surface area contributed by atoms with Crippen molar-refractivity contribution in [1.82, 2.24) is 0 Å².